The van der Waals surface area contributed by atoms with E-state index in [1.807, 2.05) is 54.6 Å². The summed E-state index contributed by atoms with van der Waals surface area (Å²) in [5.41, 5.74) is 5.12. The highest BCUT2D eigenvalue weighted by Gasteiger charge is 2.37. The Bertz CT molecular complexity index is 1160. The number of rotatable bonds is 8. The summed E-state index contributed by atoms with van der Waals surface area (Å²) >= 11 is 0. The monoisotopic (exact) mass is 492 g/mol. The first-order valence-electron chi connectivity index (χ1n) is 12.3. The number of hydrogen-bond donors (Lipinski definition) is 3. The van der Waals surface area contributed by atoms with Crippen LogP contribution < -0.4 is 9.47 Å². The van der Waals surface area contributed by atoms with Crippen molar-refractivity contribution in [2.24, 2.45) is 0 Å². The van der Waals surface area contributed by atoms with E-state index in [-0.39, 0.29) is 19.1 Å². The standard InChI is InChI=1S/C29H32O7/c1-33-26-11-8-19(29-28(32)25(31)14-23(15-30)36-29)13-21(26)12-18-6-9-22(10-7-18)34-17-27-24-5-3-2-4-20(24)16-35-27/h2-11,13,23,25,27-32H,12,14-17H2,1H3/t23-,25-,27?,28+,29-/m0/s1. The van der Waals surface area contributed by atoms with Gasteiger partial charge < -0.3 is 34.3 Å². The molecule has 0 spiro atoms. The molecule has 0 bridgehead atoms. The highest BCUT2D eigenvalue weighted by atomic mass is 16.5. The molecule has 3 aromatic carbocycles. The fraction of sp³-hybridized carbons (Fsp3) is 0.379. The molecule has 2 aliphatic rings. The smallest absolute Gasteiger partial charge is 0.122 e. The van der Waals surface area contributed by atoms with E-state index < -0.39 is 24.4 Å². The molecule has 2 heterocycles. The molecule has 1 unspecified atom stereocenters. The molecule has 0 aromatic heterocycles. The summed E-state index contributed by atoms with van der Waals surface area (Å²) in [6, 6.07) is 21.7. The molecule has 3 aromatic rings. The summed E-state index contributed by atoms with van der Waals surface area (Å²) in [6.45, 7) is 0.861. The van der Waals surface area contributed by atoms with Gasteiger partial charge in [0, 0.05) is 12.8 Å². The summed E-state index contributed by atoms with van der Waals surface area (Å²) in [4.78, 5) is 0. The van der Waals surface area contributed by atoms with Crippen LogP contribution in [0.3, 0.4) is 0 Å². The molecule has 1 saturated heterocycles. The third kappa shape index (κ3) is 5.26. The molecule has 190 valence electrons. The minimum absolute atomic E-state index is 0.0609. The highest BCUT2D eigenvalue weighted by molar-refractivity contribution is 5.42. The second kappa shape index (κ2) is 11.0. The lowest BCUT2D eigenvalue weighted by molar-refractivity contribution is -0.179. The van der Waals surface area contributed by atoms with Crippen LogP contribution in [0.15, 0.2) is 66.7 Å². The van der Waals surface area contributed by atoms with Crippen LogP contribution in [0, 0.1) is 0 Å². The molecule has 0 amide bonds. The molecule has 2 aliphatic heterocycles. The van der Waals surface area contributed by atoms with Crippen molar-refractivity contribution in [3.05, 3.63) is 94.5 Å². The first-order valence-corrected chi connectivity index (χ1v) is 12.3. The zero-order valence-corrected chi connectivity index (χ0v) is 20.2. The van der Waals surface area contributed by atoms with E-state index in [0.29, 0.717) is 19.6 Å². The number of hydrogen-bond acceptors (Lipinski definition) is 7. The molecule has 36 heavy (non-hydrogen) atoms. The molecule has 0 radical (unpaired) electrons. The number of ether oxygens (including phenoxy) is 4. The van der Waals surface area contributed by atoms with Crippen molar-refractivity contribution in [1.82, 2.24) is 0 Å². The van der Waals surface area contributed by atoms with Crippen LogP contribution in [0.2, 0.25) is 0 Å². The molecule has 0 aliphatic carbocycles. The molecule has 7 nitrogen and oxygen atoms in total. The van der Waals surface area contributed by atoms with Crippen LogP contribution in [0.1, 0.15) is 46.4 Å². The average Bonchev–Trinajstić information content (AvgIpc) is 3.33. The number of methoxy groups -OCH3 is 1. The Morgan fingerprint density at radius 2 is 1.81 bits per heavy atom. The van der Waals surface area contributed by atoms with Gasteiger partial charge in [-0.3, -0.25) is 0 Å². The van der Waals surface area contributed by atoms with E-state index in [4.69, 9.17) is 18.9 Å². The molecule has 3 N–H and O–H groups in total. The first kappa shape index (κ1) is 24.7. The Labute approximate surface area is 210 Å². The number of aliphatic hydroxyl groups excluding tert-OH is 3. The van der Waals surface area contributed by atoms with E-state index in [1.165, 1.54) is 11.1 Å². The predicted octanol–water partition coefficient (Wildman–Crippen LogP) is 3.48. The van der Waals surface area contributed by atoms with Crippen molar-refractivity contribution < 1.29 is 34.3 Å². The molecule has 5 atom stereocenters. The van der Waals surface area contributed by atoms with Crippen molar-refractivity contribution in [2.45, 2.75) is 50.0 Å². The zero-order chi connectivity index (χ0) is 25.1. The van der Waals surface area contributed by atoms with Gasteiger partial charge in [0.25, 0.3) is 0 Å². The Kier molecular flexibility index (Phi) is 7.55. The maximum absolute atomic E-state index is 10.5. The Hall–Kier alpha value is -2.94. The van der Waals surface area contributed by atoms with E-state index in [2.05, 4.69) is 12.1 Å². The summed E-state index contributed by atoms with van der Waals surface area (Å²) in [5.74, 6) is 1.50. The molecular formula is C29H32O7. The molecule has 5 rings (SSSR count). The molecule has 0 saturated carbocycles. The van der Waals surface area contributed by atoms with Gasteiger partial charge in [-0.1, -0.05) is 42.5 Å². The molecule has 7 heteroatoms. The van der Waals surface area contributed by atoms with Crippen LogP contribution in [0.5, 0.6) is 11.5 Å². The van der Waals surface area contributed by atoms with E-state index >= 15 is 0 Å². The SMILES string of the molecule is COc1ccc([C@@H]2O[C@H](CO)C[C@H](O)[C@H]2O)cc1Cc1ccc(OCC2OCc3ccccc32)cc1. The van der Waals surface area contributed by atoms with E-state index in [1.54, 1.807) is 7.11 Å². The van der Waals surface area contributed by atoms with Gasteiger partial charge in [-0.2, -0.15) is 0 Å². The summed E-state index contributed by atoms with van der Waals surface area (Å²) in [5, 5.41) is 30.2. The summed E-state index contributed by atoms with van der Waals surface area (Å²) < 4.78 is 23.3. The van der Waals surface area contributed by atoms with Gasteiger partial charge in [-0.15, -0.1) is 0 Å². The van der Waals surface area contributed by atoms with Gasteiger partial charge in [-0.25, -0.2) is 0 Å². The van der Waals surface area contributed by atoms with Crippen LogP contribution in [0.4, 0.5) is 0 Å². The fourth-order valence-corrected chi connectivity index (χ4v) is 4.95. The van der Waals surface area contributed by atoms with Gasteiger partial charge in [-0.05, 0) is 52.1 Å². The second-order valence-electron chi connectivity index (χ2n) is 9.36. The largest absolute Gasteiger partial charge is 0.496 e. The lowest BCUT2D eigenvalue weighted by Gasteiger charge is -2.37. The topological polar surface area (TPSA) is 97.6 Å². The normalized spacial score (nSPS) is 25.4. The van der Waals surface area contributed by atoms with Crippen molar-refractivity contribution in [3.63, 3.8) is 0 Å². The Morgan fingerprint density at radius 3 is 2.58 bits per heavy atom. The van der Waals surface area contributed by atoms with Gasteiger partial charge in [0.2, 0.25) is 0 Å². The quantitative estimate of drug-likeness (QED) is 0.443. The van der Waals surface area contributed by atoms with E-state index in [0.717, 1.165) is 28.2 Å². The lowest BCUT2D eigenvalue weighted by Crippen LogP contribution is -2.44. The number of aliphatic hydroxyl groups is 3. The third-order valence-corrected chi connectivity index (χ3v) is 6.95. The first-order chi connectivity index (χ1) is 17.6. The van der Waals surface area contributed by atoms with Crippen LogP contribution in [-0.4, -0.2) is 54.0 Å². The lowest BCUT2D eigenvalue weighted by atomic mass is 9.91. The minimum Gasteiger partial charge on any atom is -0.496 e. The second-order valence-corrected chi connectivity index (χ2v) is 9.36. The van der Waals surface area contributed by atoms with Crippen molar-refractivity contribution in [1.29, 1.82) is 0 Å². The minimum atomic E-state index is -1.07. The number of fused-ring (bicyclic) bond motifs is 1. The van der Waals surface area contributed by atoms with E-state index in [9.17, 15) is 15.3 Å². The maximum Gasteiger partial charge on any atom is 0.122 e. The van der Waals surface area contributed by atoms with Crippen LogP contribution in [0.25, 0.3) is 0 Å². The Morgan fingerprint density at radius 1 is 1.00 bits per heavy atom. The predicted molar refractivity (Wildman–Crippen MR) is 133 cm³/mol. The third-order valence-electron chi connectivity index (χ3n) is 6.95. The van der Waals surface area contributed by atoms with Gasteiger partial charge >= 0.3 is 0 Å². The Balaban J connectivity index is 1.26. The highest BCUT2D eigenvalue weighted by Crippen LogP contribution is 2.35. The van der Waals surface area contributed by atoms with Crippen LogP contribution in [-0.2, 0) is 22.5 Å². The number of benzene rings is 3. The van der Waals surface area contributed by atoms with Gasteiger partial charge in [0.15, 0.2) is 0 Å². The maximum atomic E-state index is 10.5. The van der Waals surface area contributed by atoms with Gasteiger partial charge in [0.05, 0.1) is 32.5 Å². The van der Waals surface area contributed by atoms with Crippen molar-refractivity contribution in [3.8, 4) is 11.5 Å². The van der Waals surface area contributed by atoms with Crippen molar-refractivity contribution >= 4 is 0 Å². The molecular weight excluding hydrogens is 460 g/mol. The average molecular weight is 493 g/mol. The fourth-order valence-electron chi connectivity index (χ4n) is 4.95. The van der Waals surface area contributed by atoms with Crippen LogP contribution >= 0.6 is 0 Å². The summed E-state index contributed by atoms with van der Waals surface area (Å²) in [6.07, 6.45) is -2.53. The zero-order valence-electron chi connectivity index (χ0n) is 20.2. The molecule has 1 fully saturated rings. The summed E-state index contributed by atoms with van der Waals surface area (Å²) in [7, 11) is 1.62. The van der Waals surface area contributed by atoms with Crippen molar-refractivity contribution in [2.75, 3.05) is 20.3 Å². The van der Waals surface area contributed by atoms with Gasteiger partial charge in [0.1, 0.15) is 36.4 Å².